The highest BCUT2D eigenvalue weighted by Crippen LogP contribution is 2.26. The van der Waals surface area contributed by atoms with Gasteiger partial charge in [0, 0.05) is 18.0 Å². The number of ether oxygens (including phenoxy) is 2. The van der Waals surface area contributed by atoms with E-state index in [0.29, 0.717) is 26.0 Å². The van der Waals surface area contributed by atoms with Crippen LogP contribution in [-0.2, 0) is 14.3 Å². The van der Waals surface area contributed by atoms with Crippen LogP contribution in [0, 0.1) is 5.92 Å². The van der Waals surface area contributed by atoms with Gasteiger partial charge < -0.3 is 19.7 Å². The molecule has 1 unspecified atom stereocenters. The lowest BCUT2D eigenvalue weighted by molar-refractivity contribution is -0.134. The third kappa shape index (κ3) is 8.80. The van der Waals surface area contributed by atoms with Crippen molar-refractivity contribution >= 4 is 22.6 Å². The van der Waals surface area contributed by atoms with Crippen molar-refractivity contribution < 1.29 is 19.1 Å². The van der Waals surface area contributed by atoms with Crippen molar-refractivity contribution in [1.82, 2.24) is 10.2 Å². The topological polar surface area (TPSA) is 67.9 Å². The number of carbonyl (C=O) groups is 2. The van der Waals surface area contributed by atoms with Gasteiger partial charge in [-0.3, -0.25) is 4.79 Å². The molecular formula is C25H34N2O4. The minimum atomic E-state index is -0.366. The average molecular weight is 427 g/mol. The average Bonchev–Trinajstić information content (AvgIpc) is 2.78. The molecule has 1 amide bonds. The van der Waals surface area contributed by atoms with Crippen molar-refractivity contribution in [3.63, 3.8) is 0 Å². The molecule has 31 heavy (non-hydrogen) atoms. The summed E-state index contributed by atoms with van der Waals surface area (Å²) in [5, 5.41) is 5.19. The molecular weight excluding hydrogens is 392 g/mol. The SMILES string of the molecule is COC(=O)/C=C/CCCC(COc1cccc2ccccc12)C(=O)NCCCN(C)C. The second kappa shape index (κ2) is 13.4. The number of fused-ring (bicyclic) bond motifs is 1. The number of amides is 1. The van der Waals surface area contributed by atoms with Crippen molar-refractivity contribution in [3.05, 3.63) is 54.6 Å². The number of carbonyl (C=O) groups excluding carboxylic acids is 2. The number of unbranched alkanes of at least 4 members (excludes halogenated alkanes) is 1. The van der Waals surface area contributed by atoms with Crippen molar-refractivity contribution in [2.75, 3.05) is 40.9 Å². The minimum absolute atomic E-state index is 0.0101. The van der Waals surface area contributed by atoms with E-state index in [1.54, 1.807) is 6.08 Å². The second-order valence-corrected chi connectivity index (χ2v) is 7.79. The molecule has 6 nitrogen and oxygen atoms in total. The molecule has 0 saturated carbocycles. The molecule has 0 aliphatic rings. The third-order valence-electron chi connectivity index (χ3n) is 5.02. The molecule has 0 aliphatic heterocycles. The fourth-order valence-corrected chi connectivity index (χ4v) is 3.28. The zero-order chi connectivity index (χ0) is 22.5. The summed E-state index contributed by atoms with van der Waals surface area (Å²) in [6, 6.07) is 14.0. The largest absolute Gasteiger partial charge is 0.492 e. The van der Waals surface area contributed by atoms with Gasteiger partial charge in [0.15, 0.2) is 0 Å². The molecule has 0 fully saturated rings. The van der Waals surface area contributed by atoms with Crippen LogP contribution < -0.4 is 10.1 Å². The Morgan fingerprint density at radius 3 is 2.65 bits per heavy atom. The van der Waals surface area contributed by atoms with Crippen LogP contribution in [0.3, 0.4) is 0 Å². The molecule has 1 N–H and O–H groups in total. The van der Waals surface area contributed by atoms with Crippen LogP contribution in [0.1, 0.15) is 25.7 Å². The van der Waals surface area contributed by atoms with E-state index in [0.717, 1.165) is 35.9 Å². The Bertz CT molecular complexity index is 858. The Morgan fingerprint density at radius 2 is 1.87 bits per heavy atom. The van der Waals surface area contributed by atoms with Crippen LogP contribution in [0.15, 0.2) is 54.6 Å². The van der Waals surface area contributed by atoms with E-state index in [4.69, 9.17) is 4.74 Å². The number of nitrogens with one attached hydrogen (secondary N) is 1. The van der Waals surface area contributed by atoms with Crippen molar-refractivity contribution in [1.29, 1.82) is 0 Å². The van der Waals surface area contributed by atoms with Crippen LogP contribution in [0.2, 0.25) is 0 Å². The number of allylic oxidation sites excluding steroid dienone is 1. The molecule has 168 valence electrons. The molecule has 0 aromatic heterocycles. The maximum absolute atomic E-state index is 12.8. The number of nitrogens with zero attached hydrogens (tertiary/aromatic N) is 1. The number of benzene rings is 2. The van der Waals surface area contributed by atoms with Crippen LogP contribution >= 0.6 is 0 Å². The first-order chi connectivity index (χ1) is 15.0. The summed E-state index contributed by atoms with van der Waals surface area (Å²) in [5.41, 5.74) is 0. The van der Waals surface area contributed by atoms with E-state index in [1.165, 1.54) is 13.2 Å². The van der Waals surface area contributed by atoms with Gasteiger partial charge in [0.05, 0.1) is 19.6 Å². The smallest absolute Gasteiger partial charge is 0.330 e. The number of methoxy groups -OCH3 is 1. The van der Waals surface area contributed by atoms with Crippen LogP contribution in [0.4, 0.5) is 0 Å². The Balaban J connectivity index is 1.95. The second-order valence-electron chi connectivity index (χ2n) is 7.79. The Labute approximate surface area is 185 Å². The number of esters is 1. The van der Waals surface area contributed by atoms with Crippen molar-refractivity contribution in [2.45, 2.75) is 25.7 Å². The summed E-state index contributed by atoms with van der Waals surface area (Å²) < 4.78 is 10.7. The van der Waals surface area contributed by atoms with Gasteiger partial charge in [-0.15, -0.1) is 0 Å². The van der Waals surface area contributed by atoms with Crippen LogP contribution in [0.5, 0.6) is 5.75 Å². The minimum Gasteiger partial charge on any atom is -0.492 e. The first-order valence-corrected chi connectivity index (χ1v) is 10.8. The van der Waals surface area contributed by atoms with Gasteiger partial charge in [0.2, 0.25) is 5.91 Å². The highest BCUT2D eigenvalue weighted by molar-refractivity contribution is 5.88. The van der Waals surface area contributed by atoms with Gasteiger partial charge in [-0.2, -0.15) is 0 Å². The first-order valence-electron chi connectivity index (χ1n) is 10.8. The predicted octanol–water partition coefficient (Wildman–Crippen LogP) is 3.80. The Morgan fingerprint density at radius 1 is 1.10 bits per heavy atom. The Kier molecular flexibility index (Phi) is 10.6. The van der Waals surface area contributed by atoms with Gasteiger partial charge in [-0.1, -0.05) is 42.5 Å². The van der Waals surface area contributed by atoms with Gasteiger partial charge in [0.25, 0.3) is 0 Å². The summed E-state index contributed by atoms with van der Waals surface area (Å²) in [4.78, 5) is 26.1. The zero-order valence-electron chi connectivity index (χ0n) is 18.8. The molecule has 0 spiro atoms. The number of hydrogen-bond acceptors (Lipinski definition) is 5. The van der Waals surface area contributed by atoms with E-state index in [1.807, 2.05) is 56.6 Å². The molecule has 0 saturated heterocycles. The van der Waals surface area contributed by atoms with Crippen molar-refractivity contribution in [2.24, 2.45) is 5.92 Å². The summed E-state index contributed by atoms with van der Waals surface area (Å²) in [5.74, 6) is 0.171. The first kappa shape index (κ1) is 24.4. The predicted molar refractivity (Wildman–Crippen MR) is 124 cm³/mol. The summed E-state index contributed by atoms with van der Waals surface area (Å²) in [7, 11) is 5.39. The Hall–Kier alpha value is -2.86. The standard InChI is InChI=1S/C25H34N2O4/c1-27(2)18-10-17-26-25(29)21(12-5-4-6-16-24(28)30-3)19-31-23-15-9-13-20-11-7-8-14-22(20)23/h6-9,11,13-16,21H,4-5,10,12,17-19H2,1-3H3,(H,26,29)/b16-6+. The molecule has 2 aromatic carbocycles. The molecule has 2 aromatic rings. The lowest BCUT2D eigenvalue weighted by Crippen LogP contribution is -2.35. The quantitative estimate of drug-likeness (QED) is 0.300. The van der Waals surface area contributed by atoms with E-state index < -0.39 is 0 Å². The molecule has 0 radical (unpaired) electrons. The number of rotatable bonds is 13. The maximum Gasteiger partial charge on any atom is 0.330 e. The summed E-state index contributed by atoms with van der Waals surface area (Å²) in [6.07, 6.45) is 6.26. The van der Waals surface area contributed by atoms with Crippen LogP contribution in [-0.4, -0.2) is 57.7 Å². The fraction of sp³-hybridized carbons (Fsp3) is 0.440. The van der Waals surface area contributed by atoms with Crippen molar-refractivity contribution in [3.8, 4) is 5.75 Å². The zero-order valence-corrected chi connectivity index (χ0v) is 18.8. The lowest BCUT2D eigenvalue weighted by atomic mass is 10.0. The fourth-order valence-electron chi connectivity index (χ4n) is 3.28. The monoisotopic (exact) mass is 426 g/mol. The highest BCUT2D eigenvalue weighted by Gasteiger charge is 2.19. The molecule has 1 atom stereocenters. The molecule has 0 heterocycles. The summed E-state index contributed by atoms with van der Waals surface area (Å²) >= 11 is 0. The lowest BCUT2D eigenvalue weighted by Gasteiger charge is -2.18. The summed E-state index contributed by atoms with van der Waals surface area (Å²) in [6.45, 7) is 1.88. The number of hydrogen-bond donors (Lipinski definition) is 1. The van der Waals surface area contributed by atoms with E-state index >= 15 is 0 Å². The van der Waals surface area contributed by atoms with E-state index in [-0.39, 0.29) is 17.8 Å². The van der Waals surface area contributed by atoms with Gasteiger partial charge in [0.1, 0.15) is 5.75 Å². The molecule has 0 aliphatic carbocycles. The van der Waals surface area contributed by atoms with Crippen LogP contribution in [0.25, 0.3) is 10.8 Å². The normalized spacial score (nSPS) is 12.3. The molecule has 0 bridgehead atoms. The van der Waals surface area contributed by atoms with Gasteiger partial charge in [-0.25, -0.2) is 4.79 Å². The maximum atomic E-state index is 12.8. The van der Waals surface area contributed by atoms with E-state index in [9.17, 15) is 9.59 Å². The third-order valence-corrected chi connectivity index (χ3v) is 5.02. The highest BCUT2D eigenvalue weighted by atomic mass is 16.5. The molecule has 2 rings (SSSR count). The van der Waals surface area contributed by atoms with E-state index in [2.05, 4.69) is 15.0 Å². The molecule has 6 heteroatoms. The van der Waals surface area contributed by atoms with Gasteiger partial charge >= 0.3 is 5.97 Å². The van der Waals surface area contributed by atoms with Gasteiger partial charge in [-0.05, 0) is 57.8 Å².